The number of hydrogen-bond acceptors (Lipinski definition) is 8. The van der Waals surface area contributed by atoms with E-state index in [9.17, 15) is 9.90 Å². The lowest BCUT2D eigenvalue weighted by Crippen LogP contribution is -2.24. The summed E-state index contributed by atoms with van der Waals surface area (Å²) in [5.41, 5.74) is 0. The van der Waals surface area contributed by atoms with E-state index in [2.05, 4.69) is 20.5 Å². The number of rotatable bonds is 20. The monoisotopic (exact) mass is 442 g/mol. The third-order valence-corrected chi connectivity index (χ3v) is 8.68. The Morgan fingerprint density at radius 1 is 0.690 bits per heavy atom. The second-order valence-corrected chi connectivity index (χ2v) is 11.5. The molecule has 0 rings (SSSR count). The van der Waals surface area contributed by atoms with Gasteiger partial charge in [0.2, 0.25) is 0 Å². The van der Waals surface area contributed by atoms with Crippen molar-refractivity contribution in [1.82, 2.24) is 0 Å². The molecule has 0 amide bonds. The van der Waals surface area contributed by atoms with Crippen molar-refractivity contribution in [3.8, 4) is 0 Å². The number of ether oxygens (including phenoxy) is 6. The molecule has 8 nitrogen and oxygen atoms in total. The van der Waals surface area contributed by atoms with Crippen LogP contribution in [-0.4, -0.2) is 111 Å². The number of carbonyl (C=O) groups excluding carboxylic acids is 1. The van der Waals surface area contributed by atoms with Crippen molar-refractivity contribution < 1.29 is 38.3 Å². The summed E-state index contributed by atoms with van der Waals surface area (Å²) in [4.78, 5) is 10.0. The van der Waals surface area contributed by atoms with Crippen molar-refractivity contribution in [2.45, 2.75) is 20.3 Å². The van der Waals surface area contributed by atoms with Crippen LogP contribution >= 0.6 is 7.26 Å². The minimum atomic E-state index is -1.10. The SMILES string of the molecule is CC[P+](C)(CC)CCOCCOC.COCCOCCOCCOCCC(=O)[O-]. The first-order chi connectivity index (χ1) is 14.0. The molecule has 0 aromatic rings. The van der Waals surface area contributed by atoms with Gasteiger partial charge in [-0.2, -0.15) is 0 Å². The molecule has 0 aromatic heterocycles. The Hall–Kier alpha value is -0.340. The minimum absolute atomic E-state index is 0.0832. The fourth-order valence-corrected chi connectivity index (χ4v) is 3.56. The minimum Gasteiger partial charge on any atom is -0.550 e. The van der Waals surface area contributed by atoms with Crippen molar-refractivity contribution in [1.29, 1.82) is 0 Å². The molecule has 0 aliphatic rings. The summed E-state index contributed by atoms with van der Waals surface area (Å²) < 4.78 is 30.5. The van der Waals surface area contributed by atoms with Crippen LogP contribution < -0.4 is 5.11 Å². The zero-order valence-electron chi connectivity index (χ0n) is 19.1. The molecule has 0 saturated heterocycles. The third kappa shape index (κ3) is 25.6. The summed E-state index contributed by atoms with van der Waals surface area (Å²) in [6.07, 6.45) is 3.87. The zero-order valence-corrected chi connectivity index (χ0v) is 20.0. The van der Waals surface area contributed by atoms with E-state index in [1.165, 1.54) is 18.5 Å². The Morgan fingerprint density at radius 2 is 1.07 bits per heavy atom. The van der Waals surface area contributed by atoms with E-state index < -0.39 is 13.2 Å². The molecule has 0 aromatic carbocycles. The fraction of sp³-hybridized carbons (Fsp3) is 0.950. The highest BCUT2D eigenvalue weighted by molar-refractivity contribution is 7.75. The van der Waals surface area contributed by atoms with Gasteiger partial charge in [0, 0.05) is 40.5 Å². The maximum atomic E-state index is 10.0. The number of aliphatic carboxylic acids is 1. The number of carboxylic acid groups (broad SMARTS) is 1. The Bertz CT molecular complexity index is 340. The van der Waals surface area contributed by atoms with Gasteiger partial charge in [0.05, 0.1) is 84.6 Å². The molecule has 0 aliphatic carbocycles. The molecule has 0 N–H and O–H groups in total. The standard InChI is InChI=1S/C10H20O6.C10H24O2P/c1-13-4-5-15-8-9-16-7-6-14-3-2-10(11)12;1-5-13(4,6-2)10-9-12-8-7-11-3/h2-9H2,1H3,(H,11,12);5-10H2,1-4H3/q;+1/p-1. The van der Waals surface area contributed by atoms with Crippen molar-refractivity contribution >= 4 is 13.2 Å². The maximum Gasteiger partial charge on any atom is 0.0825 e. The van der Waals surface area contributed by atoms with E-state index >= 15 is 0 Å². The normalized spacial score (nSPS) is 11.2. The maximum absolute atomic E-state index is 10.0. The lowest BCUT2D eigenvalue weighted by atomic mass is 10.5. The van der Waals surface area contributed by atoms with Gasteiger partial charge in [-0.05, 0) is 13.8 Å². The topological polar surface area (TPSA) is 95.5 Å². The van der Waals surface area contributed by atoms with E-state index in [0.29, 0.717) is 46.2 Å². The van der Waals surface area contributed by atoms with Gasteiger partial charge in [0.1, 0.15) is 0 Å². The molecule has 29 heavy (non-hydrogen) atoms. The highest BCUT2D eigenvalue weighted by atomic mass is 31.2. The van der Waals surface area contributed by atoms with Crippen LogP contribution in [0.2, 0.25) is 0 Å². The van der Waals surface area contributed by atoms with Gasteiger partial charge in [0.15, 0.2) is 0 Å². The average Bonchev–Trinajstić information content (AvgIpc) is 2.72. The molecule has 0 fully saturated rings. The Labute approximate surface area is 177 Å². The lowest BCUT2D eigenvalue weighted by molar-refractivity contribution is -0.306. The van der Waals surface area contributed by atoms with Gasteiger partial charge >= 0.3 is 0 Å². The van der Waals surface area contributed by atoms with Crippen molar-refractivity contribution in [3.63, 3.8) is 0 Å². The molecule has 9 heteroatoms. The molecule has 0 atom stereocenters. The predicted molar refractivity (Wildman–Crippen MR) is 115 cm³/mol. The molecule has 0 spiro atoms. The van der Waals surface area contributed by atoms with Crippen LogP contribution in [0.4, 0.5) is 0 Å². The van der Waals surface area contributed by atoms with Crippen molar-refractivity contribution in [2.75, 3.05) is 105 Å². The van der Waals surface area contributed by atoms with Crippen LogP contribution in [0, 0.1) is 0 Å². The molecule has 0 saturated carbocycles. The van der Waals surface area contributed by atoms with Crippen LogP contribution in [0.3, 0.4) is 0 Å². The average molecular weight is 443 g/mol. The first-order valence-corrected chi connectivity index (χ1v) is 13.1. The van der Waals surface area contributed by atoms with Crippen LogP contribution in [-0.2, 0) is 33.2 Å². The van der Waals surface area contributed by atoms with Crippen LogP contribution in [0.1, 0.15) is 20.3 Å². The summed E-state index contributed by atoms with van der Waals surface area (Å²) in [5, 5.41) is 10.0. The second kappa shape index (κ2) is 23.9. The van der Waals surface area contributed by atoms with E-state index in [1.807, 2.05) is 0 Å². The molecule has 176 valence electrons. The smallest absolute Gasteiger partial charge is 0.0825 e. The summed E-state index contributed by atoms with van der Waals surface area (Å²) >= 11 is 0. The quantitative estimate of drug-likeness (QED) is 0.205. The molecular weight excluding hydrogens is 399 g/mol. The van der Waals surface area contributed by atoms with Gasteiger partial charge in [-0.25, -0.2) is 0 Å². The molecule has 0 heterocycles. The molecule has 0 aliphatic heterocycles. The van der Waals surface area contributed by atoms with E-state index in [1.54, 1.807) is 14.2 Å². The predicted octanol–water partition coefficient (Wildman–Crippen LogP) is 1.16. The van der Waals surface area contributed by atoms with Gasteiger partial charge in [-0.1, -0.05) is 0 Å². The van der Waals surface area contributed by atoms with Gasteiger partial charge in [-0.3, -0.25) is 0 Å². The van der Waals surface area contributed by atoms with E-state index in [4.69, 9.17) is 28.4 Å². The summed E-state index contributed by atoms with van der Waals surface area (Å²) in [5.74, 6) is -1.10. The van der Waals surface area contributed by atoms with Crippen LogP contribution in [0.5, 0.6) is 0 Å². The van der Waals surface area contributed by atoms with E-state index in [0.717, 1.165) is 13.2 Å². The van der Waals surface area contributed by atoms with Crippen LogP contribution in [0.25, 0.3) is 0 Å². The summed E-state index contributed by atoms with van der Waals surface area (Å²) in [6.45, 7) is 12.5. The summed E-state index contributed by atoms with van der Waals surface area (Å²) in [6, 6.07) is 0. The molecule has 0 unspecified atom stereocenters. The largest absolute Gasteiger partial charge is 0.550 e. The molecule has 0 radical (unpaired) electrons. The second-order valence-electron chi connectivity index (χ2n) is 6.53. The number of hydrogen-bond donors (Lipinski definition) is 0. The Kier molecular flexibility index (Phi) is 25.5. The van der Waals surface area contributed by atoms with Crippen molar-refractivity contribution in [3.05, 3.63) is 0 Å². The Balaban J connectivity index is 0. The fourth-order valence-electron chi connectivity index (χ4n) is 1.91. The first-order valence-electron chi connectivity index (χ1n) is 10.3. The summed E-state index contributed by atoms with van der Waals surface area (Å²) in [7, 11) is 2.68. The van der Waals surface area contributed by atoms with Gasteiger partial charge < -0.3 is 38.3 Å². The highest BCUT2D eigenvalue weighted by Crippen LogP contribution is 2.53. The number of carbonyl (C=O) groups is 1. The van der Waals surface area contributed by atoms with Crippen LogP contribution in [0.15, 0.2) is 0 Å². The van der Waals surface area contributed by atoms with Gasteiger partial charge in [0.25, 0.3) is 0 Å². The Morgan fingerprint density at radius 3 is 1.45 bits per heavy atom. The highest BCUT2D eigenvalue weighted by Gasteiger charge is 2.25. The van der Waals surface area contributed by atoms with E-state index in [-0.39, 0.29) is 13.0 Å². The lowest BCUT2D eigenvalue weighted by Gasteiger charge is -2.19. The van der Waals surface area contributed by atoms with Crippen molar-refractivity contribution in [2.24, 2.45) is 0 Å². The number of methoxy groups -OCH3 is 2. The molecular formula is C20H43O8P. The van der Waals surface area contributed by atoms with Gasteiger partial charge in [-0.15, -0.1) is 0 Å². The third-order valence-electron chi connectivity index (χ3n) is 4.36. The number of carboxylic acids is 1. The molecule has 0 bridgehead atoms. The zero-order chi connectivity index (χ0) is 22.2. The first kappa shape index (κ1) is 30.9.